The maximum Gasteiger partial charge on any atom is 0.462 e. The molecule has 1 amide bonds. The van der Waals surface area contributed by atoms with E-state index < -0.39 is 11.7 Å². The zero-order valence-electron chi connectivity index (χ0n) is 17.2. The second-order valence-electron chi connectivity index (χ2n) is 6.31. The van der Waals surface area contributed by atoms with Gasteiger partial charge in [-0.2, -0.15) is 9.97 Å². The summed E-state index contributed by atoms with van der Waals surface area (Å²) in [6.07, 6.45) is 3.35. The van der Waals surface area contributed by atoms with E-state index >= 15 is 0 Å². The van der Waals surface area contributed by atoms with Gasteiger partial charge in [0.25, 0.3) is 11.7 Å². The van der Waals surface area contributed by atoms with Gasteiger partial charge < -0.3 is 18.9 Å². The third kappa shape index (κ3) is 4.89. The lowest BCUT2D eigenvalue weighted by molar-refractivity contribution is -0.115. The number of benzene rings is 1. The van der Waals surface area contributed by atoms with E-state index in [2.05, 4.69) is 33.4 Å². The van der Waals surface area contributed by atoms with Crippen LogP contribution in [0.1, 0.15) is 5.56 Å². The zero-order chi connectivity index (χ0) is 22.4. The first-order valence-electron chi connectivity index (χ1n) is 9.24. The number of nitrogens with one attached hydrogen (secondary N) is 1. The highest BCUT2D eigenvalue weighted by molar-refractivity contribution is 5.91. The molecule has 0 aliphatic carbocycles. The number of amides is 1. The minimum absolute atomic E-state index is 0.0170. The number of methoxy groups -OCH3 is 2. The number of fused-ring (bicyclic) bond motifs is 1. The molecule has 31 heavy (non-hydrogen) atoms. The number of anilines is 2. The average Bonchev–Trinajstić information content (AvgIpc) is 3.13. The molecule has 0 fully saturated rings. The topological polar surface area (TPSA) is 124 Å². The monoisotopic (exact) mass is 426 g/mol. The van der Waals surface area contributed by atoms with Crippen LogP contribution in [0.2, 0.25) is 0 Å². The Morgan fingerprint density at radius 3 is 2.52 bits per heavy atom. The number of hydrogen-bond acceptors (Lipinski definition) is 9. The molecule has 1 aromatic carbocycles. The van der Waals surface area contributed by atoms with Gasteiger partial charge in [-0.3, -0.25) is 10.1 Å². The van der Waals surface area contributed by atoms with Crippen molar-refractivity contribution in [3.63, 3.8) is 0 Å². The molecule has 0 saturated heterocycles. The van der Waals surface area contributed by atoms with Gasteiger partial charge in [0.2, 0.25) is 11.9 Å². The van der Waals surface area contributed by atoms with Crippen LogP contribution in [0.3, 0.4) is 0 Å². The van der Waals surface area contributed by atoms with Crippen LogP contribution in [0.25, 0.3) is 5.78 Å². The first kappa shape index (κ1) is 21.6. The van der Waals surface area contributed by atoms with Crippen molar-refractivity contribution >= 4 is 23.6 Å². The lowest BCUT2D eigenvalue weighted by Gasteiger charge is -2.19. The minimum Gasteiger partial charge on any atom is -0.493 e. The molecular weight excluding hydrogens is 404 g/mol. The Balaban J connectivity index is 1.90. The molecule has 1 N–H and O–H groups in total. The normalized spacial score (nSPS) is 10.5. The lowest BCUT2D eigenvalue weighted by Crippen LogP contribution is -2.27. The van der Waals surface area contributed by atoms with Crippen molar-refractivity contribution in [2.24, 2.45) is 0 Å². The Labute approximate surface area is 177 Å². The molecule has 0 unspecified atom stereocenters. The van der Waals surface area contributed by atoms with Gasteiger partial charge in [0.15, 0.2) is 11.5 Å². The zero-order valence-corrected chi connectivity index (χ0v) is 17.2. The number of aromatic nitrogens is 4. The van der Waals surface area contributed by atoms with Crippen LogP contribution in [-0.2, 0) is 11.2 Å². The van der Waals surface area contributed by atoms with Crippen LogP contribution in [-0.4, -0.2) is 52.7 Å². The fraction of sp³-hybridized carbons (Fsp3) is 0.250. The molecule has 11 nitrogen and oxygen atoms in total. The Kier molecular flexibility index (Phi) is 6.65. The van der Waals surface area contributed by atoms with Crippen molar-refractivity contribution in [1.82, 2.24) is 19.5 Å². The summed E-state index contributed by atoms with van der Waals surface area (Å²) in [6, 6.07) is 5.15. The highest BCUT2D eigenvalue weighted by Crippen LogP contribution is 2.27. The Morgan fingerprint density at radius 2 is 1.87 bits per heavy atom. The fourth-order valence-corrected chi connectivity index (χ4v) is 2.84. The Hall–Kier alpha value is -4.15. The summed E-state index contributed by atoms with van der Waals surface area (Å²) >= 11 is 0. The second kappa shape index (κ2) is 9.57. The summed E-state index contributed by atoms with van der Waals surface area (Å²) in [7, 11) is 3.04. The predicted octanol–water partition coefficient (Wildman–Crippen LogP) is 1.45. The molecule has 0 spiro atoms. The molecule has 162 valence electrons. The molecule has 2 heterocycles. The van der Waals surface area contributed by atoms with E-state index in [9.17, 15) is 9.59 Å². The quantitative estimate of drug-likeness (QED) is 0.480. The van der Waals surface area contributed by atoms with Gasteiger partial charge in [-0.05, 0) is 17.7 Å². The SMILES string of the molecule is C=CCN(CC=C)c1nc(NC(=O)Cc2ccc(OC)c(OC)c2)n2oc(=O)nc2n1. The number of hydrogen-bond donors (Lipinski definition) is 1. The van der Waals surface area contributed by atoms with Crippen LogP contribution in [0, 0.1) is 0 Å². The molecule has 0 saturated carbocycles. The second-order valence-corrected chi connectivity index (χ2v) is 6.31. The van der Waals surface area contributed by atoms with Gasteiger partial charge >= 0.3 is 5.76 Å². The van der Waals surface area contributed by atoms with E-state index in [1.807, 2.05) is 0 Å². The summed E-state index contributed by atoms with van der Waals surface area (Å²) in [6.45, 7) is 8.26. The van der Waals surface area contributed by atoms with Crippen LogP contribution >= 0.6 is 0 Å². The average molecular weight is 426 g/mol. The molecule has 0 atom stereocenters. The summed E-state index contributed by atoms with van der Waals surface area (Å²) in [5.41, 5.74) is 0.688. The molecule has 0 aliphatic rings. The van der Waals surface area contributed by atoms with Gasteiger partial charge in [0.1, 0.15) is 0 Å². The van der Waals surface area contributed by atoms with Crippen molar-refractivity contribution < 1.29 is 18.8 Å². The van der Waals surface area contributed by atoms with Gasteiger partial charge in [-0.25, -0.2) is 4.79 Å². The number of nitrogens with zero attached hydrogens (tertiary/aromatic N) is 5. The molecule has 0 bridgehead atoms. The minimum atomic E-state index is -0.860. The van der Waals surface area contributed by atoms with Gasteiger partial charge in [-0.1, -0.05) is 22.8 Å². The molecular formula is C20H22N6O5. The molecule has 0 radical (unpaired) electrons. The van der Waals surface area contributed by atoms with Crippen molar-refractivity contribution in [2.75, 3.05) is 37.5 Å². The van der Waals surface area contributed by atoms with Gasteiger partial charge in [-0.15, -0.1) is 18.1 Å². The Morgan fingerprint density at radius 1 is 1.16 bits per heavy atom. The molecule has 2 aromatic heterocycles. The third-order valence-corrected chi connectivity index (χ3v) is 4.19. The summed E-state index contributed by atoms with van der Waals surface area (Å²) in [5, 5.41) is 2.64. The van der Waals surface area contributed by atoms with Crippen LogP contribution < -0.4 is 25.4 Å². The summed E-state index contributed by atoms with van der Waals surface area (Å²) in [5.74, 6) is -0.0280. The van der Waals surface area contributed by atoms with Crippen molar-refractivity contribution in [3.8, 4) is 11.5 Å². The maximum atomic E-state index is 12.7. The lowest BCUT2D eigenvalue weighted by atomic mass is 10.1. The van der Waals surface area contributed by atoms with Gasteiger partial charge in [0, 0.05) is 13.1 Å². The van der Waals surface area contributed by atoms with E-state index in [1.165, 1.54) is 14.2 Å². The third-order valence-electron chi connectivity index (χ3n) is 4.19. The van der Waals surface area contributed by atoms with Crippen LogP contribution in [0.15, 0.2) is 52.8 Å². The van der Waals surface area contributed by atoms with Crippen molar-refractivity contribution in [3.05, 3.63) is 59.6 Å². The highest BCUT2D eigenvalue weighted by atomic mass is 16.5. The van der Waals surface area contributed by atoms with Crippen LogP contribution in [0.5, 0.6) is 11.5 Å². The van der Waals surface area contributed by atoms with Crippen molar-refractivity contribution in [1.29, 1.82) is 0 Å². The summed E-state index contributed by atoms with van der Waals surface area (Å²) < 4.78 is 16.4. The standard InChI is InChI=1S/C20H22N6O5/c1-5-9-25(10-6-2)17-22-18(26-19(23-17)24-20(28)31-26)21-16(27)12-13-7-8-14(29-3)15(11-13)30-4/h5-8,11H,1-2,9-10,12H2,3-4H3,(H,21,22,23,24,27,28). The van der Waals surface area contributed by atoms with E-state index in [0.717, 1.165) is 4.57 Å². The number of rotatable bonds is 10. The molecule has 3 rings (SSSR count). The first-order chi connectivity index (χ1) is 15.0. The molecule has 0 aliphatic heterocycles. The van der Waals surface area contributed by atoms with E-state index in [-0.39, 0.29) is 24.1 Å². The summed E-state index contributed by atoms with van der Waals surface area (Å²) in [4.78, 5) is 38.3. The van der Waals surface area contributed by atoms with E-state index in [0.29, 0.717) is 30.2 Å². The maximum absolute atomic E-state index is 12.7. The highest BCUT2D eigenvalue weighted by Gasteiger charge is 2.18. The molecule has 3 aromatic rings. The van der Waals surface area contributed by atoms with Gasteiger partial charge in [0.05, 0.1) is 20.6 Å². The smallest absolute Gasteiger partial charge is 0.462 e. The van der Waals surface area contributed by atoms with E-state index in [4.69, 9.17) is 14.0 Å². The largest absolute Gasteiger partial charge is 0.493 e. The fourth-order valence-electron chi connectivity index (χ4n) is 2.84. The number of carbonyl (C=O) groups excluding carboxylic acids is 1. The first-order valence-corrected chi connectivity index (χ1v) is 9.24. The Bertz CT molecular complexity index is 1160. The number of carbonyl (C=O) groups is 1. The predicted molar refractivity (Wildman–Crippen MR) is 114 cm³/mol. The number of ether oxygens (including phenoxy) is 2. The van der Waals surface area contributed by atoms with Crippen LogP contribution in [0.4, 0.5) is 11.9 Å². The van der Waals surface area contributed by atoms with Crippen molar-refractivity contribution in [2.45, 2.75) is 6.42 Å². The molecule has 11 heteroatoms. The van der Waals surface area contributed by atoms with E-state index in [1.54, 1.807) is 35.3 Å².